The van der Waals surface area contributed by atoms with E-state index >= 15 is 0 Å². The Balaban J connectivity index is 1.53. The zero-order valence-electron chi connectivity index (χ0n) is 14.3. The predicted molar refractivity (Wildman–Crippen MR) is 93.8 cm³/mol. The molecule has 4 rings (SSSR count). The molecule has 1 atom stereocenters. The van der Waals surface area contributed by atoms with Crippen LogP contribution < -0.4 is 15.7 Å². The second-order valence-electron chi connectivity index (χ2n) is 6.93. The van der Waals surface area contributed by atoms with Crippen LogP contribution in [-0.4, -0.2) is 33.3 Å². The molecule has 0 unspecified atom stereocenters. The first kappa shape index (κ1) is 16.8. The molecule has 7 nitrogen and oxygen atoms in total. The number of rotatable bonds is 5. The molecule has 1 aliphatic carbocycles. The Morgan fingerprint density at radius 3 is 3.04 bits per heavy atom. The van der Waals surface area contributed by atoms with Crippen LogP contribution in [0.4, 0.5) is 0 Å². The SMILES string of the molecule is O=C(Cn1cccnc1=O)N[C@H](c1ccc2c(c1)CCO2)C1CC(O)C1. The molecule has 2 aromatic rings. The molecular formula is C19H21N3O4. The molecule has 7 heteroatoms. The highest BCUT2D eigenvalue weighted by Crippen LogP contribution is 2.39. The summed E-state index contributed by atoms with van der Waals surface area (Å²) in [7, 11) is 0. The van der Waals surface area contributed by atoms with Gasteiger partial charge in [-0.25, -0.2) is 9.78 Å². The molecule has 1 saturated carbocycles. The molecule has 136 valence electrons. The van der Waals surface area contributed by atoms with Crippen LogP contribution in [0.5, 0.6) is 5.75 Å². The Kier molecular flexibility index (Phi) is 4.46. The van der Waals surface area contributed by atoms with E-state index in [2.05, 4.69) is 16.4 Å². The number of aromatic nitrogens is 2. The van der Waals surface area contributed by atoms with E-state index in [0.29, 0.717) is 19.4 Å². The van der Waals surface area contributed by atoms with Gasteiger partial charge in [0.2, 0.25) is 5.91 Å². The average molecular weight is 355 g/mol. The zero-order valence-corrected chi connectivity index (χ0v) is 14.3. The molecule has 0 spiro atoms. The maximum absolute atomic E-state index is 12.5. The smallest absolute Gasteiger partial charge is 0.347 e. The van der Waals surface area contributed by atoms with Gasteiger partial charge in [-0.2, -0.15) is 0 Å². The number of benzene rings is 1. The van der Waals surface area contributed by atoms with E-state index in [9.17, 15) is 14.7 Å². The zero-order chi connectivity index (χ0) is 18.1. The summed E-state index contributed by atoms with van der Waals surface area (Å²) >= 11 is 0. The molecule has 2 N–H and O–H groups in total. The van der Waals surface area contributed by atoms with Crippen molar-refractivity contribution in [2.45, 2.75) is 38.0 Å². The van der Waals surface area contributed by atoms with E-state index < -0.39 is 5.69 Å². The Hall–Kier alpha value is -2.67. The van der Waals surface area contributed by atoms with Crippen molar-refractivity contribution in [1.82, 2.24) is 14.9 Å². The normalized spacial score (nSPS) is 22.0. The molecule has 26 heavy (non-hydrogen) atoms. The summed E-state index contributed by atoms with van der Waals surface area (Å²) in [5.41, 5.74) is 1.70. The van der Waals surface area contributed by atoms with E-state index in [1.165, 1.54) is 10.8 Å². The average Bonchev–Trinajstić information content (AvgIpc) is 3.07. The van der Waals surface area contributed by atoms with Gasteiger partial charge in [0.15, 0.2) is 0 Å². The number of amides is 1. The van der Waals surface area contributed by atoms with Gasteiger partial charge in [-0.15, -0.1) is 0 Å². The standard InChI is InChI=1S/C19H21N3O4/c23-15-9-14(10-15)18(13-2-3-16-12(8-13)4-7-26-16)21-17(24)11-22-6-1-5-20-19(22)25/h1-3,5-6,8,14-15,18,23H,4,7,9-11H2,(H,21,24)/t14?,15?,18-/m1/s1. The van der Waals surface area contributed by atoms with Crippen molar-refractivity contribution in [3.8, 4) is 5.75 Å². The number of carbonyl (C=O) groups is 1. The second kappa shape index (κ2) is 6.92. The van der Waals surface area contributed by atoms with Gasteiger partial charge in [0.25, 0.3) is 0 Å². The van der Waals surface area contributed by atoms with Crippen LogP contribution in [0.3, 0.4) is 0 Å². The highest BCUT2D eigenvalue weighted by atomic mass is 16.5. The maximum atomic E-state index is 12.5. The molecule has 1 fully saturated rings. The predicted octanol–water partition coefficient (Wildman–Crippen LogP) is 0.807. The van der Waals surface area contributed by atoms with Gasteiger partial charge >= 0.3 is 5.69 Å². The number of aliphatic hydroxyl groups is 1. The molecule has 2 aliphatic rings. The Bertz CT molecular complexity index is 873. The van der Waals surface area contributed by atoms with Gasteiger partial charge in [0.05, 0.1) is 18.8 Å². The van der Waals surface area contributed by atoms with Gasteiger partial charge in [0.1, 0.15) is 12.3 Å². The van der Waals surface area contributed by atoms with Crippen molar-refractivity contribution < 1.29 is 14.6 Å². The fourth-order valence-corrected chi connectivity index (χ4v) is 3.66. The molecule has 0 saturated heterocycles. The second-order valence-corrected chi connectivity index (χ2v) is 6.93. The third-order valence-electron chi connectivity index (χ3n) is 5.11. The fraction of sp³-hybridized carbons (Fsp3) is 0.421. The van der Waals surface area contributed by atoms with Gasteiger partial charge in [-0.05, 0) is 48.1 Å². The lowest BCUT2D eigenvalue weighted by molar-refractivity contribution is -0.123. The highest BCUT2D eigenvalue weighted by molar-refractivity contribution is 5.76. The molecule has 2 heterocycles. The van der Waals surface area contributed by atoms with Crippen molar-refractivity contribution in [3.05, 3.63) is 58.3 Å². The topological polar surface area (TPSA) is 93.5 Å². The minimum Gasteiger partial charge on any atom is -0.493 e. The van der Waals surface area contributed by atoms with Crippen molar-refractivity contribution in [2.75, 3.05) is 6.61 Å². The Morgan fingerprint density at radius 2 is 2.27 bits per heavy atom. The number of nitrogens with zero attached hydrogens (tertiary/aromatic N) is 2. The summed E-state index contributed by atoms with van der Waals surface area (Å²) in [4.78, 5) is 27.9. The molecule has 0 bridgehead atoms. The van der Waals surface area contributed by atoms with Crippen LogP contribution in [0, 0.1) is 5.92 Å². The first-order valence-electron chi connectivity index (χ1n) is 8.84. The van der Waals surface area contributed by atoms with E-state index in [4.69, 9.17) is 4.74 Å². The first-order chi connectivity index (χ1) is 12.6. The number of carbonyl (C=O) groups excluding carboxylic acids is 1. The number of ether oxygens (including phenoxy) is 1. The van der Waals surface area contributed by atoms with Crippen LogP contribution in [0.1, 0.15) is 30.0 Å². The van der Waals surface area contributed by atoms with Gasteiger partial charge < -0.3 is 15.2 Å². The lowest BCUT2D eigenvalue weighted by Crippen LogP contribution is -2.43. The molecular weight excluding hydrogens is 334 g/mol. The minimum atomic E-state index is -0.451. The number of nitrogens with one attached hydrogen (secondary N) is 1. The Labute approximate surface area is 150 Å². The number of hydrogen-bond acceptors (Lipinski definition) is 5. The summed E-state index contributed by atoms with van der Waals surface area (Å²) in [6.45, 7) is 0.606. The molecule has 1 aromatic heterocycles. The van der Waals surface area contributed by atoms with Crippen LogP contribution in [0.25, 0.3) is 0 Å². The summed E-state index contributed by atoms with van der Waals surface area (Å²) < 4.78 is 6.83. The maximum Gasteiger partial charge on any atom is 0.347 e. The highest BCUT2D eigenvalue weighted by Gasteiger charge is 2.36. The van der Waals surface area contributed by atoms with Crippen LogP contribution in [0.15, 0.2) is 41.5 Å². The van der Waals surface area contributed by atoms with Crippen LogP contribution in [-0.2, 0) is 17.8 Å². The minimum absolute atomic E-state index is 0.0769. The molecule has 1 aromatic carbocycles. The van der Waals surface area contributed by atoms with E-state index in [0.717, 1.165) is 23.3 Å². The summed E-state index contributed by atoms with van der Waals surface area (Å²) in [6, 6.07) is 7.42. The van der Waals surface area contributed by atoms with Crippen molar-refractivity contribution in [2.24, 2.45) is 5.92 Å². The number of aliphatic hydroxyl groups excluding tert-OH is 1. The van der Waals surface area contributed by atoms with Crippen molar-refractivity contribution >= 4 is 5.91 Å². The van der Waals surface area contributed by atoms with Crippen molar-refractivity contribution in [1.29, 1.82) is 0 Å². The largest absolute Gasteiger partial charge is 0.493 e. The van der Waals surface area contributed by atoms with Gasteiger partial charge in [-0.3, -0.25) is 9.36 Å². The molecule has 1 amide bonds. The Morgan fingerprint density at radius 1 is 1.42 bits per heavy atom. The summed E-state index contributed by atoms with van der Waals surface area (Å²) in [5.74, 6) is 0.831. The summed E-state index contributed by atoms with van der Waals surface area (Å²) in [5, 5.41) is 12.7. The van der Waals surface area contributed by atoms with Crippen molar-refractivity contribution in [3.63, 3.8) is 0 Å². The quantitative estimate of drug-likeness (QED) is 0.828. The van der Waals surface area contributed by atoms with E-state index in [-0.39, 0.29) is 30.5 Å². The monoisotopic (exact) mass is 355 g/mol. The van der Waals surface area contributed by atoms with Gasteiger partial charge in [-0.1, -0.05) is 6.07 Å². The number of hydrogen-bond donors (Lipinski definition) is 2. The molecule has 1 aliphatic heterocycles. The fourth-order valence-electron chi connectivity index (χ4n) is 3.66. The summed E-state index contributed by atoms with van der Waals surface area (Å²) in [6.07, 6.45) is 4.82. The number of fused-ring (bicyclic) bond motifs is 1. The third kappa shape index (κ3) is 3.35. The van der Waals surface area contributed by atoms with Crippen LogP contribution in [0.2, 0.25) is 0 Å². The lowest BCUT2D eigenvalue weighted by atomic mass is 9.75. The first-order valence-corrected chi connectivity index (χ1v) is 8.84. The van der Waals surface area contributed by atoms with E-state index in [1.54, 1.807) is 12.3 Å². The third-order valence-corrected chi connectivity index (χ3v) is 5.11. The lowest BCUT2D eigenvalue weighted by Gasteiger charge is -2.38. The van der Waals surface area contributed by atoms with Crippen LogP contribution >= 0.6 is 0 Å². The molecule has 0 radical (unpaired) electrons. The van der Waals surface area contributed by atoms with E-state index in [1.807, 2.05) is 12.1 Å². The van der Waals surface area contributed by atoms with Gasteiger partial charge in [0, 0.05) is 18.8 Å².